The average Bonchev–Trinajstić information content (AvgIpc) is 2.38. The molecule has 1 aliphatic carbocycles. The molecule has 112 valence electrons. The lowest BCUT2D eigenvalue weighted by atomic mass is 9.46. The average molecular weight is 268 g/mol. The molecule has 0 amide bonds. The highest BCUT2D eigenvalue weighted by Crippen LogP contribution is 2.57. The van der Waals surface area contributed by atoms with E-state index in [0.717, 1.165) is 26.1 Å². The van der Waals surface area contributed by atoms with Gasteiger partial charge in [0.1, 0.15) is 0 Å². The summed E-state index contributed by atoms with van der Waals surface area (Å²) < 4.78 is 5.95. The first kappa shape index (κ1) is 15.3. The Kier molecular flexibility index (Phi) is 4.03. The van der Waals surface area contributed by atoms with E-state index in [2.05, 4.69) is 39.9 Å². The quantitative estimate of drug-likeness (QED) is 0.805. The van der Waals surface area contributed by atoms with Gasteiger partial charge in [0, 0.05) is 36.6 Å². The fraction of sp³-hybridized carbons (Fsp3) is 1.00. The van der Waals surface area contributed by atoms with Crippen molar-refractivity contribution in [2.24, 2.45) is 22.5 Å². The van der Waals surface area contributed by atoms with Gasteiger partial charge in [0.15, 0.2) is 0 Å². The van der Waals surface area contributed by atoms with Crippen molar-refractivity contribution >= 4 is 0 Å². The largest absolute Gasteiger partial charge is 0.377 e. The van der Waals surface area contributed by atoms with E-state index in [9.17, 15) is 0 Å². The zero-order valence-corrected chi connectivity index (χ0v) is 13.4. The highest BCUT2D eigenvalue weighted by Gasteiger charge is 2.66. The first-order valence-electron chi connectivity index (χ1n) is 7.86. The van der Waals surface area contributed by atoms with Crippen molar-refractivity contribution in [1.29, 1.82) is 0 Å². The summed E-state index contributed by atoms with van der Waals surface area (Å²) in [5.74, 6) is 0.536. The van der Waals surface area contributed by atoms with Crippen LogP contribution < -0.4 is 11.1 Å². The highest BCUT2D eigenvalue weighted by atomic mass is 16.5. The van der Waals surface area contributed by atoms with Crippen LogP contribution in [0.1, 0.15) is 53.9 Å². The lowest BCUT2D eigenvalue weighted by molar-refractivity contribution is -0.225. The Hall–Kier alpha value is -0.120. The second-order valence-electron chi connectivity index (χ2n) is 7.92. The van der Waals surface area contributed by atoms with Crippen molar-refractivity contribution in [2.45, 2.75) is 65.5 Å². The molecule has 0 radical (unpaired) electrons. The van der Waals surface area contributed by atoms with Gasteiger partial charge < -0.3 is 15.8 Å². The summed E-state index contributed by atoms with van der Waals surface area (Å²) >= 11 is 0. The van der Waals surface area contributed by atoms with Gasteiger partial charge in [0.2, 0.25) is 0 Å². The molecule has 19 heavy (non-hydrogen) atoms. The predicted octanol–water partition coefficient (Wildman–Crippen LogP) is 2.54. The van der Waals surface area contributed by atoms with Crippen LogP contribution >= 0.6 is 0 Å². The van der Waals surface area contributed by atoms with Crippen molar-refractivity contribution in [1.82, 2.24) is 5.32 Å². The maximum absolute atomic E-state index is 6.76. The molecular weight excluding hydrogens is 236 g/mol. The van der Waals surface area contributed by atoms with E-state index in [1.54, 1.807) is 0 Å². The molecule has 1 saturated heterocycles. The Labute approximate surface area is 118 Å². The summed E-state index contributed by atoms with van der Waals surface area (Å²) in [5.41, 5.74) is 7.09. The molecule has 2 fully saturated rings. The second kappa shape index (κ2) is 5.01. The van der Waals surface area contributed by atoms with Gasteiger partial charge in [-0.2, -0.15) is 0 Å². The maximum Gasteiger partial charge on any atom is 0.0690 e. The Bertz CT molecular complexity index is 327. The molecule has 3 nitrogen and oxygen atoms in total. The van der Waals surface area contributed by atoms with Gasteiger partial charge in [-0.1, -0.05) is 34.6 Å². The third-order valence-electron chi connectivity index (χ3n) is 5.87. The number of nitrogens with two attached hydrogens (primary N) is 1. The lowest BCUT2D eigenvalue weighted by Gasteiger charge is -2.66. The van der Waals surface area contributed by atoms with Crippen LogP contribution in [-0.4, -0.2) is 31.3 Å². The number of hydrogen-bond donors (Lipinski definition) is 2. The minimum atomic E-state index is -0.109. The fourth-order valence-electron chi connectivity index (χ4n) is 3.76. The van der Waals surface area contributed by atoms with E-state index in [4.69, 9.17) is 10.5 Å². The molecule has 1 saturated carbocycles. The summed E-state index contributed by atoms with van der Waals surface area (Å²) in [5, 5.41) is 3.63. The van der Waals surface area contributed by atoms with Crippen molar-refractivity contribution in [2.75, 3.05) is 19.7 Å². The van der Waals surface area contributed by atoms with Crippen LogP contribution in [0.25, 0.3) is 0 Å². The molecule has 2 rings (SSSR count). The minimum Gasteiger partial charge on any atom is -0.377 e. The second-order valence-corrected chi connectivity index (χ2v) is 7.92. The van der Waals surface area contributed by atoms with Crippen LogP contribution in [0.2, 0.25) is 0 Å². The number of rotatable bonds is 5. The third-order valence-corrected chi connectivity index (χ3v) is 5.87. The summed E-state index contributed by atoms with van der Waals surface area (Å²) in [6, 6.07) is 0. The monoisotopic (exact) mass is 268 g/mol. The molecule has 2 aliphatic rings. The van der Waals surface area contributed by atoms with Crippen LogP contribution in [0.5, 0.6) is 0 Å². The number of hydrogen-bond acceptors (Lipinski definition) is 3. The maximum atomic E-state index is 6.76. The van der Waals surface area contributed by atoms with Gasteiger partial charge in [0.05, 0.1) is 6.10 Å². The van der Waals surface area contributed by atoms with E-state index in [0.29, 0.717) is 17.4 Å². The molecule has 0 aromatic heterocycles. The SMILES string of the molecule is CCC(C)(C)CNCC1(N)C2CCCOC2C1(C)C. The zero-order valence-electron chi connectivity index (χ0n) is 13.4. The van der Waals surface area contributed by atoms with Gasteiger partial charge >= 0.3 is 0 Å². The van der Waals surface area contributed by atoms with E-state index in [1.807, 2.05) is 0 Å². The van der Waals surface area contributed by atoms with Crippen LogP contribution in [0.3, 0.4) is 0 Å². The Morgan fingerprint density at radius 3 is 2.68 bits per heavy atom. The molecule has 1 aliphatic heterocycles. The normalized spacial score (nSPS) is 37.6. The molecule has 0 spiro atoms. The lowest BCUT2D eigenvalue weighted by Crippen LogP contribution is -2.80. The van der Waals surface area contributed by atoms with Crippen molar-refractivity contribution in [3.63, 3.8) is 0 Å². The molecule has 0 aromatic carbocycles. The van der Waals surface area contributed by atoms with Gasteiger partial charge in [-0.3, -0.25) is 0 Å². The molecule has 3 unspecified atom stereocenters. The third kappa shape index (κ3) is 2.45. The number of nitrogens with one attached hydrogen (secondary N) is 1. The van der Waals surface area contributed by atoms with Gasteiger partial charge in [-0.05, 0) is 24.7 Å². The molecule has 3 N–H and O–H groups in total. The van der Waals surface area contributed by atoms with Gasteiger partial charge in [0.25, 0.3) is 0 Å². The molecular formula is C16H32N2O. The molecule has 1 heterocycles. The number of fused-ring (bicyclic) bond motifs is 1. The summed E-state index contributed by atoms with van der Waals surface area (Å²) in [4.78, 5) is 0. The topological polar surface area (TPSA) is 47.3 Å². The Morgan fingerprint density at radius 1 is 1.37 bits per heavy atom. The Morgan fingerprint density at radius 2 is 2.05 bits per heavy atom. The summed E-state index contributed by atoms with van der Waals surface area (Å²) in [6.45, 7) is 14.3. The predicted molar refractivity (Wildman–Crippen MR) is 80.1 cm³/mol. The Balaban J connectivity index is 1.94. The first-order valence-corrected chi connectivity index (χ1v) is 7.86. The van der Waals surface area contributed by atoms with Crippen molar-refractivity contribution in [3.8, 4) is 0 Å². The van der Waals surface area contributed by atoms with Crippen molar-refractivity contribution < 1.29 is 4.74 Å². The van der Waals surface area contributed by atoms with E-state index in [-0.39, 0.29) is 11.0 Å². The molecule has 3 heteroatoms. The number of ether oxygens (including phenoxy) is 1. The molecule has 3 atom stereocenters. The zero-order chi connectivity index (χ0) is 14.3. The van der Waals surface area contributed by atoms with Crippen molar-refractivity contribution in [3.05, 3.63) is 0 Å². The minimum absolute atomic E-state index is 0.0848. The fourth-order valence-corrected chi connectivity index (χ4v) is 3.76. The summed E-state index contributed by atoms with van der Waals surface area (Å²) in [6.07, 6.45) is 3.95. The first-order chi connectivity index (χ1) is 8.74. The summed E-state index contributed by atoms with van der Waals surface area (Å²) in [7, 11) is 0. The molecule has 0 bridgehead atoms. The van der Waals surface area contributed by atoms with Gasteiger partial charge in [-0.15, -0.1) is 0 Å². The van der Waals surface area contributed by atoms with E-state index >= 15 is 0 Å². The highest BCUT2D eigenvalue weighted by molar-refractivity contribution is 5.20. The van der Waals surface area contributed by atoms with Crippen LogP contribution in [0.15, 0.2) is 0 Å². The van der Waals surface area contributed by atoms with Crippen LogP contribution in [0.4, 0.5) is 0 Å². The van der Waals surface area contributed by atoms with E-state index in [1.165, 1.54) is 12.8 Å². The van der Waals surface area contributed by atoms with Crippen LogP contribution in [0, 0.1) is 16.7 Å². The van der Waals surface area contributed by atoms with Crippen LogP contribution in [-0.2, 0) is 4.74 Å². The smallest absolute Gasteiger partial charge is 0.0690 e. The standard InChI is InChI=1S/C16H32N2O/c1-6-14(2,3)10-18-11-16(17)12-8-7-9-19-13(12)15(16,4)5/h12-13,18H,6-11,17H2,1-5H3. The van der Waals surface area contributed by atoms with Gasteiger partial charge in [-0.25, -0.2) is 0 Å². The molecule has 0 aromatic rings. The van der Waals surface area contributed by atoms with E-state index < -0.39 is 0 Å².